The Morgan fingerprint density at radius 2 is 1.91 bits per heavy atom. The van der Waals surface area contributed by atoms with E-state index in [9.17, 15) is 14.0 Å². The molecule has 3 aromatic rings. The Balaban J connectivity index is 1.51. The zero-order chi connectivity index (χ0) is 22.7. The van der Waals surface area contributed by atoms with E-state index in [2.05, 4.69) is 5.32 Å². The molecule has 1 heterocycles. The van der Waals surface area contributed by atoms with Crippen molar-refractivity contribution in [3.05, 3.63) is 83.7 Å². The molecule has 1 unspecified atom stereocenters. The molecule has 0 fully saturated rings. The predicted molar refractivity (Wildman–Crippen MR) is 120 cm³/mol. The fourth-order valence-electron chi connectivity index (χ4n) is 3.44. The van der Waals surface area contributed by atoms with Crippen LogP contribution in [-0.2, 0) is 4.79 Å². The minimum Gasteiger partial charge on any atom is -0.492 e. The van der Waals surface area contributed by atoms with Gasteiger partial charge in [0.05, 0.1) is 12.2 Å². The predicted octanol–water partition coefficient (Wildman–Crippen LogP) is 4.58. The summed E-state index contributed by atoms with van der Waals surface area (Å²) in [4.78, 5) is 26.9. The van der Waals surface area contributed by atoms with Crippen molar-refractivity contribution in [3.8, 4) is 11.5 Å². The minimum atomic E-state index is -0.630. The molecule has 1 atom stereocenters. The molecule has 0 spiro atoms. The highest BCUT2D eigenvalue weighted by Crippen LogP contribution is 2.36. The maximum Gasteiger partial charge on any atom is 0.267 e. The topological polar surface area (TPSA) is 67.9 Å². The zero-order valence-electron chi connectivity index (χ0n) is 17.8. The van der Waals surface area contributed by atoms with Gasteiger partial charge in [-0.15, -0.1) is 0 Å². The molecule has 0 aromatic heterocycles. The third kappa shape index (κ3) is 4.72. The van der Waals surface area contributed by atoms with Crippen LogP contribution in [0.25, 0.3) is 0 Å². The van der Waals surface area contributed by atoms with Crippen molar-refractivity contribution in [3.63, 3.8) is 0 Å². The third-order valence-electron chi connectivity index (χ3n) is 5.12. The molecule has 0 radical (unpaired) electrons. The molecule has 2 amide bonds. The Morgan fingerprint density at radius 1 is 1.12 bits per heavy atom. The standard InChI is InChI=1S/C25H23FN2O4/c1-16-6-9-21(10-7-16)31-13-12-28-22-15-20(8-11-23(22)32-17(2)25(28)30)27-24(29)18-4-3-5-19(26)14-18/h3-11,14-15,17H,12-13H2,1-2H3,(H,27,29). The van der Waals surface area contributed by atoms with Crippen LogP contribution in [0.5, 0.6) is 11.5 Å². The van der Waals surface area contributed by atoms with E-state index in [0.29, 0.717) is 30.3 Å². The van der Waals surface area contributed by atoms with Gasteiger partial charge in [-0.3, -0.25) is 9.59 Å². The Kier molecular flexibility index (Phi) is 6.07. The van der Waals surface area contributed by atoms with Gasteiger partial charge in [0.2, 0.25) is 0 Å². The monoisotopic (exact) mass is 434 g/mol. The largest absolute Gasteiger partial charge is 0.492 e. The van der Waals surface area contributed by atoms with Gasteiger partial charge in [-0.05, 0) is 62.4 Å². The van der Waals surface area contributed by atoms with Crippen LogP contribution in [-0.4, -0.2) is 31.1 Å². The van der Waals surface area contributed by atoms with Crippen LogP contribution < -0.4 is 19.7 Å². The molecule has 164 valence electrons. The zero-order valence-corrected chi connectivity index (χ0v) is 17.8. The average molecular weight is 434 g/mol. The van der Waals surface area contributed by atoms with Crippen LogP contribution in [0.15, 0.2) is 66.7 Å². The molecule has 3 aromatic carbocycles. The molecule has 4 rings (SSSR count). The lowest BCUT2D eigenvalue weighted by Crippen LogP contribution is -2.46. The van der Waals surface area contributed by atoms with Gasteiger partial charge in [0.25, 0.3) is 11.8 Å². The van der Waals surface area contributed by atoms with Crippen molar-refractivity contribution in [2.75, 3.05) is 23.4 Å². The Morgan fingerprint density at radius 3 is 2.66 bits per heavy atom. The van der Waals surface area contributed by atoms with Gasteiger partial charge in [-0.1, -0.05) is 23.8 Å². The van der Waals surface area contributed by atoms with Crippen LogP contribution in [0.2, 0.25) is 0 Å². The number of amides is 2. The van der Waals surface area contributed by atoms with Crippen molar-refractivity contribution in [1.82, 2.24) is 0 Å². The molecule has 6 nitrogen and oxygen atoms in total. The second-order valence-corrected chi connectivity index (χ2v) is 7.56. The summed E-state index contributed by atoms with van der Waals surface area (Å²) in [6, 6.07) is 18.2. The molecule has 0 bridgehead atoms. The number of nitrogens with one attached hydrogen (secondary N) is 1. The van der Waals surface area contributed by atoms with Gasteiger partial charge < -0.3 is 19.7 Å². The number of aryl methyl sites for hydroxylation is 1. The normalized spacial score (nSPS) is 15.0. The second kappa shape index (κ2) is 9.09. The van der Waals surface area contributed by atoms with E-state index in [1.54, 1.807) is 30.0 Å². The van der Waals surface area contributed by atoms with E-state index in [4.69, 9.17) is 9.47 Å². The lowest BCUT2D eigenvalue weighted by molar-refractivity contribution is -0.125. The van der Waals surface area contributed by atoms with E-state index in [1.807, 2.05) is 31.2 Å². The summed E-state index contributed by atoms with van der Waals surface area (Å²) in [6.07, 6.45) is -0.630. The van der Waals surface area contributed by atoms with E-state index in [1.165, 1.54) is 18.2 Å². The highest BCUT2D eigenvalue weighted by atomic mass is 19.1. The molecule has 32 heavy (non-hydrogen) atoms. The quantitative estimate of drug-likeness (QED) is 0.617. The van der Waals surface area contributed by atoms with Gasteiger partial charge in [0.1, 0.15) is 23.9 Å². The van der Waals surface area contributed by atoms with E-state index in [0.717, 1.165) is 17.4 Å². The van der Waals surface area contributed by atoms with Crippen LogP contribution in [0.4, 0.5) is 15.8 Å². The number of anilines is 2. The number of carbonyl (C=O) groups excluding carboxylic acids is 2. The smallest absolute Gasteiger partial charge is 0.267 e. The van der Waals surface area contributed by atoms with Gasteiger partial charge in [0, 0.05) is 11.3 Å². The van der Waals surface area contributed by atoms with E-state index >= 15 is 0 Å². The van der Waals surface area contributed by atoms with Gasteiger partial charge in [0.15, 0.2) is 6.10 Å². The van der Waals surface area contributed by atoms with Crippen LogP contribution in [0.3, 0.4) is 0 Å². The maximum atomic E-state index is 13.4. The molecule has 0 saturated heterocycles. The highest BCUT2D eigenvalue weighted by Gasteiger charge is 2.31. The summed E-state index contributed by atoms with van der Waals surface area (Å²) in [5.41, 5.74) is 2.34. The molecular weight excluding hydrogens is 411 g/mol. The molecular formula is C25H23FN2O4. The number of hydrogen-bond acceptors (Lipinski definition) is 4. The lowest BCUT2D eigenvalue weighted by Gasteiger charge is -2.33. The number of benzene rings is 3. The van der Waals surface area contributed by atoms with Crippen molar-refractivity contribution < 1.29 is 23.5 Å². The van der Waals surface area contributed by atoms with E-state index in [-0.39, 0.29) is 11.5 Å². The number of ether oxygens (including phenoxy) is 2. The minimum absolute atomic E-state index is 0.196. The first kappa shape index (κ1) is 21.4. The number of nitrogens with zero attached hydrogens (tertiary/aromatic N) is 1. The van der Waals surface area contributed by atoms with Gasteiger partial charge in [-0.25, -0.2) is 4.39 Å². The highest BCUT2D eigenvalue weighted by molar-refractivity contribution is 6.05. The van der Waals surface area contributed by atoms with Crippen LogP contribution in [0.1, 0.15) is 22.8 Å². The molecule has 1 N–H and O–H groups in total. The number of carbonyl (C=O) groups is 2. The van der Waals surface area contributed by atoms with E-state index < -0.39 is 17.8 Å². The summed E-state index contributed by atoms with van der Waals surface area (Å²) < 4.78 is 24.9. The summed E-state index contributed by atoms with van der Waals surface area (Å²) in [5, 5.41) is 2.74. The van der Waals surface area contributed by atoms with Crippen molar-refractivity contribution in [1.29, 1.82) is 0 Å². The Labute approximate surface area is 185 Å². The van der Waals surface area contributed by atoms with Crippen LogP contribution in [0, 0.1) is 12.7 Å². The lowest BCUT2D eigenvalue weighted by atomic mass is 10.1. The first-order valence-electron chi connectivity index (χ1n) is 10.3. The summed E-state index contributed by atoms with van der Waals surface area (Å²) >= 11 is 0. The molecule has 1 aliphatic heterocycles. The molecule has 7 heteroatoms. The second-order valence-electron chi connectivity index (χ2n) is 7.56. The van der Waals surface area contributed by atoms with Crippen molar-refractivity contribution in [2.45, 2.75) is 20.0 Å². The fourth-order valence-corrected chi connectivity index (χ4v) is 3.44. The summed E-state index contributed by atoms with van der Waals surface area (Å²) in [5.74, 6) is 0.126. The first-order valence-corrected chi connectivity index (χ1v) is 10.3. The Hall–Kier alpha value is -3.87. The number of rotatable bonds is 6. The van der Waals surface area contributed by atoms with Crippen molar-refractivity contribution >= 4 is 23.2 Å². The van der Waals surface area contributed by atoms with Gasteiger partial charge >= 0.3 is 0 Å². The van der Waals surface area contributed by atoms with Gasteiger partial charge in [-0.2, -0.15) is 0 Å². The Bertz CT molecular complexity index is 1150. The number of hydrogen-bond donors (Lipinski definition) is 1. The summed E-state index contributed by atoms with van der Waals surface area (Å²) in [6.45, 7) is 4.30. The molecule has 1 aliphatic rings. The van der Waals surface area contributed by atoms with Crippen molar-refractivity contribution in [2.24, 2.45) is 0 Å². The SMILES string of the molecule is Cc1ccc(OCCN2C(=O)C(C)Oc3ccc(NC(=O)c4cccc(F)c4)cc32)cc1. The summed E-state index contributed by atoms with van der Waals surface area (Å²) in [7, 11) is 0. The third-order valence-corrected chi connectivity index (χ3v) is 5.12. The molecule has 0 saturated carbocycles. The average Bonchev–Trinajstić information content (AvgIpc) is 2.78. The maximum absolute atomic E-state index is 13.4. The number of halogens is 1. The molecule has 0 aliphatic carbocycles. The van der Waals surface area contributed by atoms with Crippen LogP contribution >= 0.6 is 0 Å². The fraction of sp³-hybridized carbons (Fsp3) is 0.200. The first-order chi connectivity index (χ1) is 15.4. The number of fused-ring (bicyclic) bond motifs is 1.